The van der Waals surface area contributed by atoms with E-state index in [0.717, 1.165) is 17.5 Å². The van der Waals surface area contributed by atoms with Crippen molar-refractivity contribution in [3.63, 3.8) is 0 Å². The summed E-state index contributed by atoms with van der Waals surface area (Å²) in [4.78, 5) is 26.9. The van der Waals surface area contributed by atoms with Crippen LogP contribution in [0.3, 0.4) is 0 Å². The molecule has 2 N–H and O–H groups in total. The maximum atomic E-state index is 13.5. The lowest BCUT2D eigenvalue weighted by Crippen LogP contribution is -2.51. The second-order valence-electron chi connectivity index (χ2n) is 10.1. The number of anilines is 1. The number of nitrogens with two attached hydrogens (primary N) is 1. The predicted octanol–water partition coefficient (Wildman–Crippen LogP) is 5.84. The number of nitrogen functional groups attached to an aromatic ring is 1. The number of benzene rings is 2. The quantitative estimate of drug-likeness (QED) is 0.334. The SMILES string of the molecule is CCCC1(CCc2ccc(F)cc2)CC(=O)C(C(c2cccc(N)c2)C(C)(C)C)C(=O)O1. The molecule has 3 unspecified atom stereocenters. The molecule has 172 valence electrons. The van der Waals surface area contributed by atoms with Gasteiger partial charge in [0.1, 0.15) is 17.3 Å². The zero-order valence-corrected chi connectivity index (χ0v) is 19.5. The summed E-state index contributed by atoms with van der Waals surface area (Å²) in [6, 6.07) is 13.7. The molecule has 0 bridgehead atoms. The Morgan fingerprint density at radius 3 is 2.38 bits per heavy atom. The molecule has 2 aromatic rings. The Kier molecular flexibility index (Phi) is 7.06. The van der Waals surface area contributed by atoms with Crippen molar-refractivity contribution in [3.8, 4) is 0 Å². The van der Waals surface area contributed by atoms with Gasteiger partial charge in [-0.15, -0.1) is 0 Å². The topological polar surface area (TPSA) is 69.4 Å². The summed E-state index contributed by atoms with van der Waals surface area (Å²) in [6.07, 6.45) is 2.77. The van der Waals surface area contributed by atoms with E-state index >= 15 is 0 Å². The molecule has 32 heavy (non-hydrogen) atoms. The van der Waals surface area contributed by atoms with Gasteiger partial charge < -0.3 is 10.5 Å². The molecule has 2 aromatic carbocycles. The molecule has 0 spiro atoms. The monoisotopic (exact) mass is 439 g/mol. The second kappa shape index (κ2) is 9.43. The van der Waals surface area contributed by atoms with Crippen molar-refractivity contribution >= 4 is 17.4 Å². The number of ketones is 1. The van der Waals surface area contributed by atoms with Crippen molar-refractivity contribution in [2.45, 2.75) is 71.3 Å². The minimum Gasteiger partial charge on any atom is -0.458 e. The van der Waals surface area contributed by atoms with Crippen molar-refractivity contribution in [1.29, 1.82) is 0 Å². The summed E-state index contributed by atoms with van der Waals surface area (Å²) in [5.41, 5.74) is 7.29. The predicted molar refractivity (Wildman–Crippen MR) is 125 cm³/mol. The number of ether oxygens (including phenoxy) is 1. The molecule has 3 rings (SSSR count). The van der Waals surface area contributed by atoms with Crippen LogP contribution in [0.15, 0.2) is 48.5 Å². The molecule has 1 heterocycles. The average molecular weight is 440 g/mol. The van der Waals surface area contributed by atoms with Crippen LogP contribution in [0, 0.1) is 17.2 Å². The van der Waals surface area contributed by atoms with Gasteiger partial charge in [-0.05, 0) is 60.1 Å². The van der Waals surface area contributed by atoms with E-state index < -0.39 is 17.5 Å². The van der Waals surface area contributed by atoms with E-state index in [2.05, 4.69) is 0 Å². The summed E-state index contributed by atoms with van der Waals surface area (Å²) < 4.78 is 19.3. The van der Waals surface area contributed by atoms with E-state index in [1.54, 1.807) is 18.2 Å². The third-order valence-corrected chi connectivity index (χ3v) is 6.44. The van der Waals surface area contributed by atoms with Gasteiger partial charge in [0.15, 0.2) is 5.78 Å². The zero-order valence-electron chi connectivity index (χ0n) is 19.5. The van der Waals surface area contributed by atoms with Crippen LogP contribution in [-0.2, 0) is 20.7 Å². The Morgan fingerprint density at radius 1 is 1.12 bits per heavy atom. The summed E-state index contributed by atoms with van der Waals surface area (Å²) in [7, 11) is 0. The molecule has 0 saturated carbocycles. The molecule has 1 saturated heterocycles. The van der Waals surface area contributed by atoms with Gasteiger partial charge in [-0.25, -0.2) is 4.39 Å². The Labute approximate surface area is 190 Å². The fourth-order valence-electron chi connectivity index (χ4n) is 5.02. The maximum Gasteiger partial charge on any atom is 0.317 e. The number of halogens is 1. The van der Waals surface area contributed by atoms with Gasteiger partial charge in [0.05, 0.1) is 0 Å². The molecule has 4 nitrogen and oxygen atoms in total. The molecular weight excluding hydrogens is 405 g/mol. The first-order chi connectivity index (χ1) is 15.0. The number of hydrogen-bond acceptors (Lipinski definition) is 4. The lowest BCUT2D eigenvalue weighted by atomic mass is 9.65. The molecule has 0 aliphatic carbocycles. The number of esters is 1. The fourth-order valence-corrected chi connectivity index (χ4v) is 5.02. The van der Waals surface area contributed by atoms with Crippen molar-refractivity contribution in [3.05, 3.63) is 65.5 Å². The maximum absolute atomic E-state index is 13.5. The number of cyclic esters (lactones) is 1. The highest BCUT2D eigenvalue weighted by Gasteiger charge is 2.51. The molecule has 0 aromatic heterocycles. The summed E-state index contributed by atoms with van der Waals surface area (Å²) in [5, 5.41) is 0. The minimum atomic E-state index is -0.854. The minimum absolute atomic E-state index is 0.0730. The van der Waals surface area contributed by atoms with Crippen LogP contribution in [0.5, 0.6) is 0 Å². The van der Waals surface area contributed by atoms with Crippen molar-refractivity contribution < 1.29 is 18.7 Å². The second-order valence-corrected chi connectivity index (χ2v) is 10.1. The highest BCUT2D eigenvalue weighted by Crippen LogP contribution is 2.46. The highest BCUT2D eigenvalue weighted by molar-refractivity contribution is 6.02. The number of rotatable bonds is 7. The van der Waals surface area contributed by atoms with Gasteiger partial charge in [-0.3, -0.25) is 9.59 Å². The smallest absolute Gasteiger partial charge is 0.317 e. The number of Topliss-reactive ketones (excluding diaryl/α,β-unsaturated/α-hetero) is 1. The van der Waals surface area contributed by atoms with Crippen LogP contribution in [0.4, 0.5) is 10.1 Å². The zero-order chi connectivity index (χ0) is 23.5. The normalized spacial score (nSPS) is 22.5. The largest absolute Gasteiger partial charge is 0.458 e. The molecule has 1 aliphatic rings. The number of aryl methyl sites for hydroxylation is 1. The van der Waals surface area contributed by atoms with Crippen LogP contribution in [0.25, 0.3) is 0 Å². The summed E-state index contributed by atoms with van der Waals surface area (Å²) in [5.74, 6) is -1.99. The van der Waals surface area contributed by atoms with Gasteiger partial charge in [0.25, 0.3) is 0 Å². The van der Waals surface area contributed by atoms with E-state index in [9.17, 15) is 14.0 Å². The highest BCUT2D eigenvalue weighted by atomic mass is 19.1. The standard InChI is InChI=1S/C27H34FNO3/c1-5-14-27(15-13-18-9-11-20(28)12-10-18)17-22(30)23(25(31)32-27)24(26(2,3)4)19-7-6-8-21(29)16-19/h6-12,16,23-24H,5,13-15,17,29H2,1-4H3. The van der Waals surface area contributed by atoms with Gasteiger partial charge in [-0.1, -0.05) is 58.4 Å². The van der Waals surface area contributed by atoms with Crippen LogP contribution < -0.4 is 5.73 Å². The molecule has 0 amide bonds. The van der Waals surface area contributed by atoms with Crippen LogP contribution in [0.1, 0.15) is 70.4 Å². The lowest BCUT2D eigenvalue weighted by molar-refractivity contribution is -0.182. The third-order valence-electron chi connectivity index (χ3n) is 6.44. The molecule has 1 aliphatic heterocycles. The van der Waals surface area contributed by atoms with Crippen molar-refractivity contribution in [1.82, 2.24) is 0 Å². The number of carbonyl (C=O) groups excluding carboxylic acids is 2. The number of carbonyl (C=O) groups is 2. The van der Waals surface area contributed by atoms with Gasteiger partial charge >= 0.3 is 5.97 Å². The summed E-state index contributed by atoms with van der Waals surface area (Å²) >= 11 is 0. The van der Waals surface area contributed by atoms with E-state index in [-0.39, 0.29) is 29.4 Å². The van der Waals surface area contributed by atoms with E-state index in [0.29, 0.717) is 24.9 Å². The average Bonchev–Trinajstić information content (AvgIpc) is 2.69. The molecular formula is C27H34FNO3. The van der Waals surface area contributed by atoms with E-state index in [1.165, 1.54) is 12.1 Å². The van der Waals surface area contributed by atoms with Crippen molar-refractivity contribution in [2.75, 3.05) is 5.73 Å². The van der Waals surface area contributed by atoms with Gasteiger partial charge in [0.2, 0.25) is 0 Å². The molecule has 3 atom stereocenters. The fraction of sp³-hybridized carbons (Fsp3) is 0.481. The van der Waals surface area contributed by atoms with E-state index in [4.69, 9.17) is 10.5 Å². The first-order valence-electron chi connectivity index (χ1n) is 11.4. The summed E-state index contributed by atoms with van der Waals surface area (Å²) in [6.45, 7) is 8.12. The van der Waals surface area contributed by atoms with Gasteiger partial charge in [0, 0.05) is 18.0 Å². The van der Waals surface area contributed by atoms with Crippen LogP contribution >= 0.6 is 0 Å². The molecule has 5 heteroatoms. The number of hydrogen-bond donors (Lipinski definition) is 1. The first-order valence-corrected chi connectivity index (χ1v) is 11.4. The van der Waals surface area contributed by atoms with Crippen LogP contribution in [0.2, 0.25) is 0 Å². The Bertz CT molecular complexity index is 944. The third kappa shape index (κ3) is 5.37. The Balaban J connectivity index is 1.87. The molecule has 1 fully saturated rings. The Hall–Kier alpha value is -2.69. The van der Waals surface area contributed by atoms with Crippen LogP contribution in [-0.4, -0.2) is 17.4 Å². The van der Waals surface area contributed by atoms with E-state index in [1.807, 2.05) is 45.9 Å². The molecule has 0 radical (unpaired) electrons. The first kappa shape index (κ1) is 24.0. The Morgan fingerprint density at radius 2 is 1.81 bits per heavy atom. The van der Waals surface area contributed by atoms with Crippen molar-refractivity contribution in [2.24, 2.45) is 11.3 Å². The van der Waals surface area contributed by atoms with Gasteiger partial charge in [-0.2, -0.15) is 0 Å². The lowest BCUT2D eigenvalue weighted by Gasteiger charge is -2.44.